The Morgan fingerprint density at radius 3 is 1.46 bits per heavy atom. The maximum absolute atomic E-state index is 10.8. The van der Waals surface area contributed by atoms with Crippen LogP contribution in [-0.2, 0) is 45.1 Å². The van der Waals surface area contributed by atoms with Gasteiger partial charge in [0, 0.05) is 81.2 Å². The highest BCUT2D eigenvalue weighted by atomic mass is 16.6. The van der Waals surface area contributed by atoms with Crippen molar-refractivity contribution in [1.82, 2.24) is 49.3 Å². The average Bonchev–Trinajstić information content (AvgIpc) is 4.25. The van der Waals surface area contributed by atoms with E-state index in [4.69, 9.17) is 30.4 Å². The monoisotopic (exact) mass is 987 g/mol. The van der Waals surface area contributed by atoms with E-state index >= 15 is 0 Å². The Balaban J connectivity index is 0.000000148. The number of nitrogen functional groups attached to an aromatic ring is 2. The fourth-order valence-corrected chi connectivity index (χ4v) is 7.15. The molecule has 0 spiro atoms. The van der Waals surface area contributed by atoms with E-state index in [0.29, 0.717) is 66.7 Å². The predicted molar refractivity (Wildman–Crippen MR) is 271 cm³/mol. The first-order chi connectivity index (χ1) is 34.9. The summed E-state index contributed by atoms with van der Waals surface area (Å²) in [6.07, 6.45) is 8.38. The summed E-state index contributed by atoms with van der Waals surface area (Å²) in [5.41, 5.74) is 17.5. The predicted octanol–water partition coefficient (Wildman–Crippen LogP) is 7.18. The summed E-state index contributed by atoms with van der Waals surface area (Å²) < 4.78 is 27.0. The van der Waals surface area contributed by atoms with E-state index in [1.54, 1.807) is 80.5 Å². The molecule has 5 aromatic carbocycles. The van der Waals surface area contributed by atoms with Gasteiger partial charge in [-0.1, -0.05) is 30.3 Å². The van der Waals surface area contributed by atoms with Crippen molar-refractivity contribution in [3.8, 4) is 0 Å². The van der Waals surface area contributed by atoms with Crippen LogP contribution >= 0.6 is 0 Å². The molecule has 0 aliphatic rings. The van der Waals surface area contributed by atoms with Gasteiger partial charge in [-0.2, -0.15) is 25.5 Å². The lowest BCUT2D eigenvalue weighted by atomic mass is 10.2. The second kappa shape index (κ2) is 25.6. The third-order valence-corrected chi connectivity index (χ3v) is 10.7. The highest BCUT2D eigenvalue weighted by Gasteiger charge is 2.16. The van der Waals surface area contributed by atoms with E-state index in [-0.39, 0.29) is 17.1 Å². The van der Waals surface area contributed by atoms with Crippen molar-refractivity contribution in [3.05, 3.63) is 152 Å². The van der Waals surface area contributed by atoms with Gasteiger partial charge >= 0.3 is 0 Å². The maximum Gasteiger partial charge on any atom is 0.280 e. The number of H-pyrrole nitrogens is 1. The number of non-ortho nitro benzene ring substituents is 3. The van der Waals surface area contributed by atoms with E-state index in [1.165, 1.54) is 30.6 Å². The summed E-state index contributed by atoms with van der Waals surface area (Å²) in [7, 11) is 6.57. The van der Waals surface area contributed by atoms with Crippen molar-refractivity contribution in [2.24, 2.45) is 0 Å². The maximum atomic E-state index is 10.8. The molecule has 10 rings (SSSR count). The molecule has 0 fully saturated rings. The Morgan fingerprint density at radius 2 is 0.917 bits per heavy atom. The minimum Gasteiger partial charge on any atom is -0.398 e. The molecule has 72 heavy (non-hydrogen) atoms. The fraction of sp³-hybridized carbons (Fsp3) is 0.255. The Hall–Kier alpha value is -8.91. The van der Waals surface area contributed by atoms with E-state index in [2.05, 4.69) is 30.6 Å². The number of aromatic amines is 1. The number of benzene rings is 5. The first kappa shape index (κ1) is 52.5. The third kappa shape index (κ3) is 13.2. The number of nitro benzene ring substituents is 3. The van der Waals surface area contributed by atoms with Gasteiger partial charge < -0.3 is 30.4 Å². The molecule has 25 heteroatoms. The second-order valence-corrected chi connectivity index (χ2v) is 15.4. The standard InChI is InChI=1S/2C10H11N3O3.2C10H13N3O.C7H5N3O2/c1-16-6-5-12-7-8-9(11-12)3-2-4-10(8)13(14)15;1-16-6-5-12-9-3-2-4-10(13(14)15)8(9)7-11-12;1-14-6-5-13-7-8-9(11)3-2-4-10(8)12-13;1-14-6-5-13-10-4-2-3-9(11)8(10)7-12-13;11-10(12)7-3-1-2-6-5(7)4-8-9-6/h2*2-4,7H,5-6H2,1H3;2*2-4,7H,5-6,11H2,1H3;1-4H,(H,8,9). The lowest BCUT2D eigenvalue weighted by Gasteiger charge is -2.02. The zero-order valence-corrected chi connectivity index (χ0v) is 39.8. The number of nitrogens with zero attached hydrogens (tertiary/aromatic N) is 12. The summed E-state index contributed by atoms with van der Waals surface area (Å²) in [6, 6.07) is 26.2. The van der Waals surface area contributed by atoms with Gasteiger partial charge in [0.2, 0.25) is 0 Å². The third-order valence-electron chi connectivity index (χ3n) is 10.7. The number of hydrogen-bond acceptors (Lipinski definition) is 17. The van der Waals surface area contributed by atoms with Crippen LogP contribution in [0.3, 0.4) is 0 Å². The van der Waals surface area contributed by atoms with E-state index in [1.807, 2.05) is 58.0 Å². The van der Waals surface area contributed by atoms with Gasteiger partial charge in [-0.25, -0.2) is 0 Å². The van der Waals surface area contributed by atoms with Crippen LogP contribution in [0.15, 0.2) is 122 Å². The number of aromatic nitrogens is 10. The molecule has 0 atom stereocenters. The number of hydrogen-bond donors (Lipinski definition) is 3. The average molecular weight is 988 g/mol. The largest absolute Gasteiger partial charge is 0.398 e. The normalized spacial score (nSPS) is 10.8. The molecule has 0 saturated heterocycles. The second-order valence-electron chi connectivity index (χ2n) is 15.4. The van der Waals surface area contributed by atoms with Crippen molar-refractivity contribution in [1.29, 1.82) is 0 Å². The molecule has 376 valence electrons. The smallest absolute Gasteiger partial charge is 0.280 e. The van der Waals surface area contributed by atoms with Gasteiger partial charge in [-0.05, 0) is 42.5 Å². The van der Waals surface area contributed by atoms with Crippen molar-refractivity contribution >= 4 is 83.0 Å². The van der Waals surface area contributed by atoms with Crippen LogP contribution < -0.4 is 11.5 Å². The van der Waals surface area contributed by atoms with Crippen LogP contribution in [0.2, 0.25) is 0 Å². The quantitative estimate of drug-likeness (QED) is 0.0520. The van der Waals surface area contributed by atoms with Crippen LogP contribution in [0.1, 0.15) is 0 Å². The molecule has 5 N–H and O–H groups in total. The van der Waals surface area contributed by atoms with Crippen molar-refractivity contribution in [2.75, 3.05) is 66.3 Å². The lowest BCUT2D eigenvalue weighted by molar-refractivity contribution is -0.383. The van der Waals surface area contributed by atoms with Gasteiger partial charge in [0.1, 0.15) is 0 Å². The van der Waals surface area contributed by atoms with Crippen LogP contribution in [-0.4, -0.2) is 119 Å². The topological polar surface area (TPSA) is 318 Å². The zero-order chi connectivity index (χ0) is 51.6. The summed E-state index contributed by atoms with van der Waals surface area (Å²) >= 11 is 0. The Kier molecular flexibility index (Phi) is 18.7. The number of anilines is 2. The lowest BCUT2D eigenvalue weighted by Crippen LogP contribution is -2.05. The molecule has 0 saturated carbocycles. The molecular weight excluding hydrogens is 935 g/mol. The van der Waals surface area contributed by atoms with Crippen LogP contribution in [0, 0.1) is 30.3 Å². The van der Waals surface area contributed by atoms with Gasteiger partial charge in [0.25, 0.3) is 17.1 Å². The minimum atomic E-state index is -0.419. The Bertz CT molecular complexity index is 3340. The van der Waals surface area contributed by atoms with Gasteiger partial charge in [0.15, 0.2) is 0 Å². The van der Waals surface area contributed by atoms with Crippen LogP contribution in [0.5, 0.6) is 0 Å². The zero-order valence-electron chi connectivity index (χ0n) is 39.8. The molecular formula is C47H53N15O10. The molecule has 5 aromatic heterocycles. The number of ether oxygens (including phenoxy) is 4. The Labute approximate surface area is 409 Å². The number of methoxy groups -OCH3 is 4. The van der Waals surface area contributed by atoms with Crippen molar-refractivity contribution in [2.45, 2.75) is 26.2 Å². The number of rotatable bonds is 15. The number of fused-ring (bicyclic) bond motifs is 5. The molecule has 5 heterocycles. The molecule has 0 amide bonds. The van der Waals surface area contributed by atoms with E-state index in [9.17, 15) is 30.3 Å². The summed E-state index contributed by atoms with van der Waals surface area (Å²) in [4.78, 5) is 30.8. The molecule has 0 aliphatic carbocycles. The molecule has 10 aromatic rings. The first-order valence-corrected chi connectivity index (χ1v) is 22.0. The van der Waals surface area contributed by atoms with E-state index < -0.39 is 14.8 Å². The number of nitrogens with two attached hydrogens (primary N) is 2. The van der Waals surface area contributed by atoms with Crippen LogP contribution in [0.4, 0.5) is 28.4 Å². The SMILES string of the molecule is COCCn1cc2c(N)cccc2n1.COCCn1cc2c([N+](=O)[O-])cccc2n1.COCCn1ncc2c(N)cccc21.COCCn1ncc2c([N+](=O)[O-])cccc21.O=[N+]([O-])c1cccc2[nH]ncc12. The summed E-state index contributed by atoms with van der Waals surface area (Å²) in [5.74, 6) is 0. The van der Waals surface area contributed by atoms with Crippen molar-refractivity contribution < 1.29 is 33.7 Å². The van der Waals surface area contributed by atoms with Crippen molar-refractivity contribution in [3.63, 3.8) is 0 Å². The molecule has 0 bridgehead atoms. The van der Waals surface area contributed by atoms with Gasteiger partial charge in [0.05, 0.1) is 130 Å². The van der Waals surface area contributed by atoms with Gasteiger partial charge in [-0.3, -0.25) is 54.2 Å². The van der Waals surface area contributed by atoms with Crippen LogP contribution in [0.25, 0.3) is 54.5 Å². The minimum absolute atomic E-state index is 0.0844. The molecule has 0 aliphatic heterocycles. The highest BCUT2D eigenvalue weighted by molar-refractivity contribution is 5.91. The molecule has 0 radical (unpaired) electrons. The highest BCUT2D eigenvalue weighted by Crippen LogP contribution is 2.26. The number of nitro groups is 3. The molecule has 25 nitrogen and oxygen atoms in total. The van der Waals surface area contributed by atoms with E-state index in [0.717, 1.165) is 51.8 Å². The fourth-order valence-electron chi connectivity index (χ4n) is 7.15. The first-order valence-electron chi connectivity index (χ1n) is 22.0. The summed E-state index contributed by atoms with van der Waals surface area (Å²) in [6.45, 7) is 5.05. The van der Waals surface area contributed by atoms with Gasteiger partial charge in [-0.15, -0.1) is 0 Å². The summed E-state index contributed by atoms with van der Waals surface area (Å²) in [5, 5.41) is 59.0. The number of nitrogens with one attached hydrogen (secondary N) is 1. The Morgan fingerprint density at radius 1 is 0.500 bits per heavy atom. The molecule has 0 unspecified atom stereocenters.